The smallest absolute Gasteiger partial charge is 0.311 e. The molecule has 5 heteroatoms. The van der Waals surface area contributed by atoms with E-state index in [4.69, 9.17) is 11.6 Å². The minimum absolute atomic E-state index is 0.0908. The van der Waals surface area contributed by atoms with Gasteiger partial charge < -0.3 is 4.90 Å². The molecule has 0 atom stereocenters. The van der Waals surface area contributed by atoms with Crippen molar-refractivity contribution >= 4 is 29.2 Å². The molecule has 0 unspecified atom stereocenters. The number of nitrogens with zero attached hydrogens (tertiary/aromatic N) is 2. The van der Waals surface area contributed by atoms with Gasteiger partial charge in [-0.2, -0.15) is 0 Å². The van der Waals surface area contributed by atoms with Crippen molar-refractivity contribution < 1.29 is 9.59 Å². The van der Waals surface area contributed by atoms with E-state index in [-0.39, 0.29) is 18.5 Å². The lowest BCUT2D eigenvalue weighted by molar-refractivity contribution is -0.116. The Labute approximate surface area is 104 Å². The summed E-state index contributed by atoms with van der Waals surface area (Å²) >= 11 is 5.76. The van der Waals surface area contributed by atoms with E-state index in [0.717, 1.165) is 4.90 Å². The van der Waals surface area contributed by atoms with E-state index in [1.165, 1.54) is 4.90 Å². The number of benzene rings is 1. The molecule has 1 fully saturated rings. The van der Waals surface area contributed by atoms with Crippen LogP contribution in [0.25, 0.3) is 0 Å². The first kappa shape index (κ1) is 11.7. The summed E-state index contributed by atoms with van der Waals surface area (Å²) in [7, 11) is 0. The quantitative estimate of drug-likeness (QED) is 0.610. The monoisotopic (exact) mass is 250 g/mol. The predicted octanol–water partition coefficient (Wildman–Crippen LogP) is 2.29. The minimum atomic E-state index is -0.322. The van der Waals surface area contributed by atoms with E-state index in [0.29, 0.717) is 17.3 Å². The second-order valence-corrected chi connectivity index (χ2v) is 4.09. The van der Waals surface area contributed by atoms with Gasteiger partial charge in [-0.25, -0.2) is 9.69 Å². The Morgan fingerprint density at radius 1 is 1.29 bits per heavy atom. The fourth-order valence-corrected chi connectivity index (χ4v) is 1.82. The number of anilines is 1. The van der Waals surface area contributed by atoms with Crippen LogP contribution in [0.4, 0.5) is 10.5 Å². The van der Waals surface area contributed by atoms with Crippen molar-refractivity contribution in [2.75, 3.05) is 18.0 Å². The summed E-state index contributed by atoms with van der Waals surface area (Å²) in [5, 5.41) is 0.566. The fourth-order valence-electron chi connectivity index (χ4n) is 1.69. The van der Waals surface area contributed by atoms with Crippen LogP contribution in [0.1, 0.15) is 0 Å². The second kappa shape index (κ2) is 4.59. The number of halogens is 1. The Morgan fingerprint density at radius 3 is 2.53 bits per heavy atom. The van der Waals surface area contributed by atoms with Gasteiger partial charge >= 0.3 is 6.03 Å². The van der Waals surface area contributed by atoms with Gasteiger partial charge in [0.15, 0.2) is 0 Å². The molecular weight excluding hydrogens is 240 g/mol. The van der Waals surface area contributed by atoms with Crippen LogP contribution in [0.15, 0.2) is 36.9 Å². The molecule has 0 bridgehead atoms. The van der Waals surface area contributed by atoms with Gasteiger partial charge in [0.2, 0.25) is 0 Å². The molecule has 1 heterocycles. The lowest BCUT2D eigenvalue weighted by Gasteiger charge is -2.15. The van der Waals surface area contributed by atoms with Crippen molar-refractivity contribution in [3.8, 4) is 0 Å². The van der Waals surface area contributed by atoms with Crippen molar-refractivity contribution in [3.05, 3.63) is 41.9 Å². The Kier molecular flexibility index (Phi) is 3.15. The van der Waals surface area contributed by atoms with E-state index < -0.39 is 0 Å². The molecule has 1 aromatic carbocycles. The van der Waals surface area contributed by atoms with Crippen molar-refractivity contribution in [3.63, 3.8) is 0 Å². The Balaban J connectivity index is 2.27. The normalized spacial score (nSPS) is 15.6. The first-order valence-electron chi connectivity index (χ1n) is 5.12. The van der Waals surface area contributed by atoms with E-state index in [2.05, 4.69) is 6.58 Å². The number of carbonyl (C=O) groups excluding carboxylic acids is 2. The zero-order chi connectivity index (χ0) is 12.4. The van der Waals surface area contributed by atoms with Gasteiger partial charge in [-0.3, -0.25) is 4.79 Å². The van der Waals surface area contributed by atoms with Crippen LogP contribution in [0.3, 0.4) is 0 Å². The highest BCUT2D eigenvalue weighted by Crippen LogP contribution is 2.22. The van der Waals surface area contributed by atoms with Gasteiger partial charge in [0.05, 0.1) is 5.69 Å². The lowest BCUT2D eigenvalue weighted by atomic mass is 10.3. The second-order valence-electron chi connectivity index (χ2n) is 3.66. The van der Waals surface area contributed by atoms with Gasteiger partial charge in [-0.05, 0) is 24.3 Å². The Hall–Kier alpha value is -1.81. The lowest BCUT2D eigenvalue weighted by Crippen LogP contribution is -2.33. The van der Waals surface area contributed by atoms with E-state index in [9.17, 15) is 9.59 Å². The van der Waals surface area contributed by atoms with Gasteiger partial charge in [-0.15, -0.1) is 6.58 Å². The number of amides is 3. The van der Waals surface area contributed by atoms with Gasteiger partial charge in [-0.1, -0.05) is 17.7 Å². The van der Waals surface area contributed by atoms with E-state index >= 15 is 0 Å². The summed E-state index contributed by atoms with van der Waals surface area (Å²) < 4.78 is 0. The van der Waals surface area contributed by atoms with E-state index in [1.807, 2.05) is 0 Å². The molecule has 2 rings (SSSR count). The average molecular weight is 251 g/mol. The molecule has 0 aromatic heterocycles. The summed E-state index contributed by atoms with van der Waals surface area (Å²) in [5.74, 6) is -0.237. The maximum atomic E-state index is 11.9. The standard InChI is InChI=1S/C12H11ClN2O2/c1-2-7-14-8-11(16)15(12(14)17)10-5-3-9(13)4-6-10/h2-6H,1,7-8H2. The molecule has 0 radical (unpaired) electrons. The maximum absolute atomic E-state index is 11.9. The Morgan fingerprint density at radius 2 is 1.94 bits per heavy atom. The zero-order valence-electron chi connectivity index (χ0n) is 9.10. The van der Waals surface area contributed by atoms with Crippen molar-refractivity contribution in [2.24, 2.45) is 0 Å². The molecule has 17 heavy (non-hydrogen) atoms. The number of urea groups is 1. The van der Waals surface area contributed by atoms with Crippen LogP contribution in [-0.2, 0) is 4.79 Å². The van der Waals surface area contributed by atoms with Crippen LogP contribution in [0.5, 0.6) is 0 Å². The summed E-state index contributed by atoms with van der Waals surface area (Å²) in [6.07, 6.45) is 1.59. The summed E-state index contributed by atoms with van der Waals surface area (Å²) in [6.45, 7) is 4.01. The van der Waals surface area contributed by atoms with Gasteiger partial charge in [0.1, 0.15) is 6.54 Å². The van der Waals surface area contributed by atoms with Crippen LogP contribution < -0.4 is 4.90 Å². The molecule has 1 aliphatic rings. The molecule has 0 N–H and O–H groups in total. The van der Waals surface area contributed by atoms with Crippen LogP contribution in [0, 0.1) is 0 Å². The summed E-state index contributed by atoms with van der Waals surface area (Å²) in [6, 6.07) is 6.27. The summed E-state index contributed by atoms with van der Waals surface area (Å²) in [5.41, 5.74) is 0.538. The van der Waals surface area contributed by atoms with Gasteiger partial charge in [0.25, 0.3) is 5.91 Å². The SMILES string of the molecule is C=CCN1CC(=O)N(c2ccc(Cl)cc2)C1=O. The van der Waals surface area contributed by atoms with Crippen molar-refractivity contribution in [1.82, 2.24) is 4.90 Å². The minimum Gasteiger partial charge on any atom is -0.311 e. The maximum Gasteiger partial charge on any atom is 0.332 e. The number of imide groups is 1. The van der Waals surface area contributed by atoms with E-state index in [1.54, 1.807) is 30.3 Å². The topological polar surface area (TPSA) is 40.6 Å². The number of hydrogen-bond donors (Lipinski definition) is 0. The van der Waals surface area contributed by atoms with Gasteiger partial charge in [0, 0.05) is 11.6 Å². The first-order chi connectivity index (χ1) is 8.13. The molecule has 0 aliphatic carbocycles. The first-order valence-corrected chi connectivity index (χ1v) is 5.49. The molecule has 88 valence electrons. The molecule has 4 nitrogen and oxygen atoms in total. The highest BCUT2D eigenvalue weighted by Gasteiger charge is 2.36. The highest BCUT2D eigenvalue weighted by molar-refractivity contribution is 6.30. The number of hydrogen-bond acceptors (Lipinski definition) is 2. The predicted molar refractivity (Wildman–Crippen MR) is 66.1 cm³/mol. The third-order valence-corrected chi connectivity index (χ3v) is 2.72. The van der Waals surface area contributed by atoms with Crippen LogP contribution in [0.2, 0.25) is 5.02 Å². The summed E-state index contributed by atoms with van der Waals surface area (Å²) in [4.78, 5) is 26.3. The van der Waals surface area contributed by atoms with Crippen molar-refractivity contribution in [2.45, 2.75) is 0 Å². The highest BCUT2D eigenvalue weighted by atomic mass is 35.5. The molecule has 0 spiro atoms. The van der Waals surface area contributed by atoms with Crippen LogP contribution >= 0.6 is 11.6 Å². The Bertz CT molecular complexity index is 470. The molecular formula is C12H11ClN2O2. The largest absolute Gasteiger partial charge is 0.332 e. The fraction of sp³-hybridized carbons (Fsp3) is 0.167. The van der Waals surface area contributed by atoms with Crippen LogP contribution in [-0.4, -0.2) is 29.9 Å². The third kappa shape index (κ3) is 2.17. The average Bonchev–Trinajstić information content (AvgIpc) is 2.57. The molecule has 1 aromatic rings. The van der Waals surface area contributed by atoms with Crippen molar-refractivity contribution in [1.29, 1.82) is 0 Å². The molecule has 1 saturated heterocycles. The number of rotatable bonds is 3. The molecule has 1 aliphatic heterocycles. The number of carbonyl (C=O) groups is 2. The molecule has 3 amide bonds. The zero-order valence-corrected chi connectivity index (χ0v) is 9.85. The third-order valence-electron chi connectivity index (χ3n) is 2.47. The molecule has 0 saturated carbocycles.